The predicted octanol–water partition coefficient (Wildman–Crippen LogP) is 3.15. The van der Waals surface area contributed by atoms with E-state index < -0.39 is 0 Å². The van der Waals surface area contributed by atoms with Gasteiger partial charge in [0.25, 0.3) is 0 Å². The van der Waals surface area contributed by atoms with E-state index in [1.165, 1.54) is 4.88 Å². The second-order valence-corrected chi connectivity index (χ2v) is 6.42. The van der Waals surface area contributed by atoms with Crippen LogP contribution in [0.4, 0.5) is 0 Å². The lowest BCUT2D eigenvalue weighted by atomic mass is 10.1. The smallest absolute Gasteiger partial charge is 0.223 e. The molecule has 21 heavy (non-hydrogen) atoms. The number of hydrogen-bond acceptors (Lipinski definition) is 5. The first kappa shape index (κ1) is 15.7. The number of rotatable bonds is 6. The molecule has 0 aromatic carbocycles. The first-order valence-corrected chi connectivity index (χ1v) is 7.93. The molecule has 0 radical (unpaired) electrons. The van der Waals surface area contributed by atoms with Crippen molar-refractivity contribution >= 4 is 17.2 Å². The molecular weight excluding hydrogens is 286 g/mol. The summed E-state index contributed by atoms with van der Waals surface area (Å²) >= 11 is 1.60. The Balaban J connectivity index is 1.85. The predicted molar refractivity (Wildman–Crippen MR) is 82.2 cm³/mol. The van der Waals surface area contributed by atoms with Crippen molar-refractivity contribution in [2.75, 3.05) is 7.05 Å². The highest BCUT2D eigenvalue weighted by Crippen LogP contribution is 2.17. The van der Waals surface area contributed by atoms with Crippen LogP contribution < -0.4 is 0 Å². The van der Waals surface area contributed by atoms with Crippen molar-refractivity contribution < 1.29 is 9.32 Å². The number of hydrogen-bond donors (Lipinski definition) is 0. The van der Waals surface area contributed by atoms with Crippen LogP contribution in [0.1, 0.15) is 48.2 Å². The summed E-state index contributed by atoms with van der Waals surface area (Å²) in [6, 6.07) is 1.92. The molecule has 0 bridgehead atoms. The average Bonchev–Trinajstić information content (AvgIpc) is 3.05. The van der Waals surface area contributed by atoms with Gasteiger partial charge in [-0.25, -0.2) is 4.98 Å². The fraction of sp³-hybridized carbons (Fsp3) is 0.533. The molecule has 2 rings (SSSR count). The Morgan fingerprint density at radius 1 is 1.48 bits per heavy atom. The highest BCUT2D eigenvalue weighted by Gasteiger charge is 2.14. The number of aromatic nitrogens is 2. The van der Waals surface area contributed by atoms with Crippen molar-refractivity contribution in [3.8, 4) is 0 Å². The van der Waals surface area contributed by atoms with Gasteiger partial charge in [-0.1, -0.05) is 19.0 Å². The summed E-state index contributed by atoms with van der Waals surface area (Å²) < 4.78 is 5.26. The molecule has 6 heteroatoms. The number of thiazole rings is 1. The van der Waals surface area contributed by atoms with Gasteiger partial charge in [0.1, 0.15) is 0 Å². The van der Waals surface area contributed by atoms with E-state index in [4.69, 9.17) is 4.52 Å². The van der Waals surface area contributed by atoms with Gasteiger partial charge < -0.3 is 9.42 Å². The Morgan fingerprint density at radius 2 is 2.24 bits per heavy atom. The normalized spacial score (nSPS) is 11.1. The first-order chi connectivity index (χ1) is 9.97. The molecule has 5 nitrogen and oxygen atoms in total. The van der Waals surface area contributed by atoms with E-state index in [0.29, 0.717) is 18.9 Å². The number of carbonyl (C=O) groups excluding carboxylic acids is 1. The second-order valence-electron chi connectivity index (χ2n) is 5.48. The number of carbonyl (C=O) groups is 1. The van der Waals surface area contributed by atoms with Crippen LogP contribution in [0.2, 0.25) is 0 Å². The van der Waals surface area contributed by atoms with E-state index in [1.807, 2.05) is 18.5 Å². The van der Waals surface area contributed by atoms with Crippen LogP contribution in [0, 0.1) is 6.92 Å². The zero-order valence-corrected chi connectivity index (χ0v) is 13.7. The Hall–Kier alpha value is -1.69. The minimum absolute atomic E-state index is 0.102. The minimum atomic E-state index is 0.102. The summed E-state index contributed by atoms with van der Waals surface area (Å²) in [7, 11) is 1.79. The Morgan fingerprint density at radius 3 is 2.81 bits per heavy atom. The Bertz CT molecular complexity index is 604. The quantitative estimate of drug-likeness (QED) is 0.822. The lowest BCUT2D eigenvalue weighted by Gasteiger charge is -2.14. The van der Waals surface area contributed by atoms with Gasteiger partial charge in [0, 0.05) is 24.4 Å². The molecule has 0 aliphatic rings. The van der Waals surface area contributed by atoms with E-state index >= 15 is 0 Å². The highest BCUT2D eigenvalue weighted by molar-refractivity contribution is 7.09. The van der Waals surface area contributed by atoms with E-state index in [-0.39, 0.29) is 5.91 Å². The molecule has 0 spiro atoms. The zero-order valence-electron chi connectivity index (χ0n) is 12.9. The standard InChI is InChI=1S/C15H21N3O2S/c1-10(2)13-7-12(20-17-13)8-18(4)15(19)6-5-14-11(3)16-9-21-14/h7,9-10H,5-6,8H2,1-4H3. The van der Waals surface area contributed by atoms with Crippen molar-refractivity contribution in [3.63, 3.8) is 0 Å². The van der Waals surface area contributed by atoms with Gasteiger partial charge in [0.2, 0.25) is 5.91 Å². The summed E-state index contributed by atoms with van der Waals surface area (Å²) in [5.41, 5.74) is 3.76. The van der Waals surface area contributed by atoms with Gasteiger partial charge >= 0.3 is 0 Å². The Labute approximate surface area is 129 Å². The van der Waals surface area contributed by atoms with E-state index in [2.05, 4.69) is 24.0 Å². The maximum atomic E-state index is 12.1. The van der Waals surface area contributed by atoms with Gasteiger partial charge in [-0.3, -0.25) is 4.79 Å². The van der Waals surface area contributed by atoms with Crippen LogP contribution in [0.25, 0.3) is 0 Å². The number of amides is 1. The van der Waals surface area contributed by atoms with Gasteiger partial charge in [-0.15, -0.1) is 11.3 Å². The highest BCUT2D eigenvalue weighted by atomic mass is 32.1. The first-order valence-electron chi connectivity index (χ1n) is 7.05. The molecule has 0 aliphatic heterocycles. The van der Waals surface area contributed by atoms with Crippen molar-refractivity contribution in [1.82, 2.24) is 15.0 Å². The van der Waals surface area contributed by atoms with Crippen molar-refractivity contribution in [2.24, 2.45) is 0 Å². The molecular formula is C15H21N3O2S. The number of aryl methyl sites for hydroxylation is 2. The molecule has 1 amide bonds. The lowest BCUT2D eigenvalue weighted by Crippen LogP contribution is -2.26. The van der Waals surface area contributed by atoms with Crippen LogP contribution in [0.15, 0.2) is 16.1 Å². The molecule has 2 aromatic rings. The third-order valence-electron chi connectivity index (χ3n) is 3.40. The average molecular weight is 307 g/mol. The monoisotopic (exact) mass is 307 g/mol. The van der Waals surface area contributed by atoms with Gasteiger partial charge in [-0.05, 0) is 19.3 Å². The van der Waals surface area contributed by atoms with Gasteiger partial charge in [-0.2, -0.15) is 0 Å². The van der Waals surface area contributed by atoms with Crippen molar-refractivity contribution in [2.45, 2.75) is 46.1 Å². The van der Waals surface area contributed by atoms with Crippen molar-refractivity contribution in [3.05, 3.63) is 33.6 Å². The third kappa shape index (κ3) is 4.14. The molecule has 0 atom stereocenters. The van der Waals surface area contributed by atoms with E-state index in [1.54, 1.807) is 23.3 Å². The molecule has 0 fully saturated rings. The topological polar surface area (TPSA) is 59.2 Å². The van der Waals surface area contributed by atoms with E-state index in [9.17, 15) is 4.79 Å². The summed E-state index contributed by atoms with van der Waals surface area (Å²) in [5.74, 6) is 1.16. The third-order valence-corrected chi connectivity index (χ3v) is 4.39. The lowest BCUT2D eigenvalue weighted by molar-refractivity contribution is -0.130. The molecule has 0 aliphatic carbocycles. The van der Waals surface area contributed by atoms with Crippen LogP contribution in [-0.4, -0.2) is 28.0 Å². The molecule has 2 aromatic heterocycles. The molecule has 0 saturated heterocycles. The zero-order chi connectivity index (χ0) is 15.4. The molecule has 114 valence electrons. The maximum Gasteiger partial charge on any atom is 0.223 e. The largest absolute Gasteiger partial charge is 0.359 e. The number of nitrogens with zero attached hydrogens (tertiary/aromatic N) is 3. The summed E-state index contributed by atoms with van der Waals surface area (Å²) in [4.78, 5) is 19.2. The van der Waals surface area contributed by atoms with Gasteiger partial charge in [0.05, 0.1) is 23.4 Å². The summed E-state index contributed by atoms with van der Waals surface area (Å²) in [6.45, 7) is 6.56. The molecule has 0 saturated carbocycles. The van der Waals surface area contributed by atoms with Crippen molar-refractivity contribution in [1.29, 1.82) is 0 Å². The minimum Gasteiger partial charge on any atom is -0.359 e. The second kappa shape index (κ2) is 6.85. The SMILES string of the molecule is Cc1ncsc1CCC(=O)N(C)Cc1cc(C(C)C)no1. The van der Waals surface area contributed by atoms with Gasteiger partial charge in [0.15, 0.2) is 5.76 Å². The molecule has 0 unspecified atom stereocenters. The fourth-order valence-electron chi connectivity index (χ4n) is 1.97. The molecule has 0 N–H and O–H groups in total. The van der Waals surface area contributed by atoms with Crippen LogP contribution in [0.5, 0.6) is 0 Å². The van der Waals surface area contributed by atoms with Crippen LogP contribution in [-0.2, 0) is 17.8 Å². The maximum absolute atomic E-state index is 12.1. The van der Waals surface area contributed by atoms with E-state index in [0.717, 1.165) is 23.6 Å². The molecule has 2 heterocycles. The van der Waals surface area contributed by atoms with Crippen LogP contribution in [0.3, 0.4) is 0 Å². The van der Waals surface area contributed by atoms with Crippen LogP contribution >= 0.6 is 11.3 Å². The Kier molecular flexibility index (Phi) is 5.12. The fourth-order valence-corrected chi connectivity index (χ4v) is 2.76. The summed E-state index contributed by atoms with van der Waals surface area (Å²) in [5, 5.41) is 4.01. The summed E-state index contributed by atoms with van der Waals surface area (Å²) in [6.07, 6.45) is 1.23.